The number of β-amino-alcohol motifs (C(OH)–C–C–N with tert-alkyl or cyclic N) is 1. The van der Waals surface area contributed by atoms with Crippen LogP contribution in [0.1, 0.15) is 24.8 Å². The average Bonchev–Trinajstić information content (AvgIpc) is 2.98. The van der Waals surface area contributed by atoms with Crippen LogP contribution in [-0.2, 0) is 14.3 Å². The summed E-state index contributed by atoms with van der Waals surface area (Å²) in [6.07, 6.45) is 3.52. The fraction of sp³-hybridized carbons (Fsp3) is 0.500. The summed E-state index contributed by atoms with van der Waals surface area (Å²) in [7, 11) is 1.30. The molecule has 1 fully saturated rings. The van der Waals surface area contributed by atoms with Gasteiger partial charge in [-0.3, -0.25) is 4.79 Å². The van der Waals surface area contributed by atoms with Crippen molar-refractivity contribution in [3.8, 4) is 0 Å². The summed E-state index contributed by atoms with van der Waals surface area (Å²) < 4.78 is 4.86. The van der Waals surface area contributed by atoms with Gasteiger partial charge in [0.1, 0.15) is 5.70 Å². The first kappa shape index (κ1) is 19.2. The van der Waals surface area contributed by atoms with Crippen molar-refractivity contribution >= 4 is 23.3 Å². The molecule has 1 saturated heterocycles. The number of aliphatic hydroxyl groups excluding tert-OH is 1. The minimum absolute atomic E-state index is 0.138. The predicted octanol–water partition coefficient (Wildman–Crippen LogP) is 1.66. The number of methoxy groups -OCH3 is 1. The lowest BCUT2D eigenvalue weighted by Gasteiger charge is -2.31. The fourth-order valence-electron chi connectivity index (χ4n) is 3.64. The van der Waals surface area contributed by atoms with Gasteiger partial charge in [-0.1, -0.05) is 6.07 Å². The van der Waals surface area contributed by atoms with Crippen molar-refractivity contribution in [1.29, 1.82) is 0 Å². The Labute approximate surface area is 159 Å². The first-order valence-electron chi connectivity index (χ1n) is 9.39. The third kappa shape index (κ3) is 4.08. The summed E-state index contributed by atoms with van der Waals surface area (Å²) in [5.41, 5.74) is 3.44. The Hall–Kier alpha value is -2.54. The molecular formula is C20H27N3O4. The smallest absolute Gasteiger partial charge is 0.337 e. The maximum atomic E-state index is 12.8. The van der Waals surface area contributed by atoms with Crippen LogP contribution in [0.5, 0.6) is 0 Å². The molecular weight excluding hydrogens is 346 g/mol. The van der Waals surface area contributed by atoms with Crippen molar-refractivity contribution in [2.75, 3.05) is 50.1 Å². The number of aryl methyl sites for hydroxylation is 1. The molecule has 2 N–H and O–H groups in total. The van der Waals surface area contributed by atoms with Crippen LogP contribution in [0.3, 0.4) is 0 Å². The average molecular weight is 373 g/mol. The van der Waals surface area contributed by atoms with E-state index in [0.717, 1.165) is 42.9 Å². The molecule has 0 radical (unpaired) electrons. The minimum Gasteiger partial charge on any atom is -0.466 e. The zero-order valence-electron chi connectivity index (χ0n) is 16.0. The summed E-state index contributed by atoms with van der Waals surface area (Å²) >= 11 is 0. The number of benzene rings is 1. The van der Waals surface area contributed by atoms with Crippen LogP contribution in [0.15, 0.2) is 29.5 Å². The lowest BCUT2D eigenvalue weighted by atomic mass is 10.1. The third-order valence-corrected chi connectivity index (χ3v) is 5.06. The van der Waals surface area contributed by atoms with Gasteiger partial charge in [0.25, 0.3) is 5.91 Å². The third-order valence-electron chi connectivity index (χ3n) is 5.06. The Kier molecular flexibility index (Phi) is 6.01. The minimum atomic E-state index is -0.529. The number of esters is 1. The Bertz CT molecular complexity index is 754. The second-order valence-corrected chi connectivity index (χ2v) is 6.99. The van der Waals surface area contributed by atoms with E-state index in [1.807, 2.05) is 13.0 Å². The molecule has 3 rings (SSSR count). The Balaban J connectivity index is 1.95. The van der Waals surface area contributed by atoms with Crippen LogP contribution in [0.4, 0.5) is 11.4 Å². The molecule has 0 unspecified atom stereocenters. The number of hydrogen-bond donors (Lipinski definition) is 2. The van der Waals surface area contributed by atoms with E-state index in [2.05, 4.69) is 22.3 Å². The van der Waals surface area contributed by atoms with Crippen molar-refractivity contribution in [3.63, 3.8) is 0 Å². The molecule has 0 bridgehead atoms. The molecule has 146 valence electrons. The fourth-order valence-corrected chi connectivity index (χ4v) is 3.64. The Morgan fingerprint density at radius 3 is 2.67 bits per heavy atom. The quantitative estimate of drug-likeness (QED) is 0.738. The van der Waals surface area contributed by atoms with Gasteiger partial charge in [0, 0.05) is 19.6 Å². The molecule has 7 nitrogen and oxygen atoms in total. The zero-order valence-corrected chi connectivity index (χ0v) is 16.0. The van der Waals surface area contributed by atoms with Crippen molar-refractivity contribution < 1.29 is 19.4 Å². The Morgan fingerprint density at radius 2 is 2.00 bits per heavy atom. The highest BCUT2D eigenvalue weighted by Gasteiger charge is 2.35. The van der Waals surface area contributed by atoms with Gasteiger partial charge >= 0.3 is 5.97 Å². The largest absolute Gasteiger partial charge is 0.466 e. The molecule has 0 aliphatic carbocycles. The molecule has 2 aliphatic heterocycles. The molecule has 2 heterocycles. The van der Waals surface area contributed by atoms with E-state index >= 15 is 0 Å². The van der Waals surface area contributed by atoms with Crippen LogP contribution < -0.4 is 10.2 Å². The first-order valence-corrected chi connectivity index (χ1v) is 9.39. The first-order chi connectivity index (χ1) is 13.0. The number of nitrogens with one attached hydrogen (secondary N) is 1. The lowest BCUT2D eigenvalue weighted by molar-refractivity contribution is -0.136. The van der Waals surface area contributed by atoms with Gasteiger partial charge in [-0.2, -0.15) is 0 Å². The number of piperidine rings is 1. The molecule has 7 heteroatoms. The van der Waals surface area contributed by atoms with E-state index in [1.165, 1.54) is 18.4 Å². The number of aliphatic hydroxyl groups is 1. The Morgan fingerprint density at radius 1 is 1.26 bits per heavy atom. The van der Waals surface area contributed by atoms with Crippen molar-refractivity contribution in [3.05, 3.63) is 35.0 Å². The van der Waals surface area contributed by atoms with Crippen LogP contribution in [0.25, 0.3) is 0 Å². The molecule has 2 aliphatic rings. The molecule has 27 heavy (non-hydrogen) atoms. The van der Waals surface area contributed by atoms with E-state index in [4.69, 9.17) is 4.74 Å². The molecule has 0 saturated carbocycles. The summed E-state index contributed by atoms with van der Waals surface area (Å²) in [5, 5.41) is 12.4. The highest BCUT2D eigenvalue weighted by molar-refractivity contribution is 6.09. The standard InChI is InChI=1S/C20H27N3O4/c1-14-6-7-17(22-8-4-3-5-9-22)16(12-14)21-18-15(20(26)27-2)13-23(10-11-24)19(18)25/h6-7,12,21,24H,3-5,8-11,13H2,1-2H3. The number of amides is 1. The summed E-state index contributed by atoms with van der Waals surface area (Å²) in [4.78, 5) is 28.7. The van der Waals surface area contributed by atoms with E-state index in [0.29, 0.717) is 5.57 Å². The van der Waals surface area contributed by atoms with E-state index in [1.54, 1.807) is 0 Å². The molecule has 0 atom stereocenters. The van der Waals surface area contributed by atoms with E-state index in [9.17, 15) is 14.7 Å². The number of rotatable bonds is 6. The molecule has 1 aromatic rings. The highest BCUT2D eigenvalue weighted by atomic mass is 16.5. The van der Waals surface area contributed by atoms with Crippen molar-refractivity contribution in [2.45, 2.75) is 26.2 Å². The molecule has 0 aromatic heterocycles. The van der Waals surface area contributed by atoms with Gasteiger partial charge in [0.2, 0.25) is 0 Å². The summed E-state index contributed by atoms with van der Waals surface area (Å²) in [5.74, 6) is -0.825. The SMILES string of the molecule is COC(=O)C1=C(Nc2cc(C)ccc2N2CCCCC2)C(=O)N(CCO)C1. The van der Waals surface area contributed by atoms with Gasteiger partial charge in [-0.25, -0.2) is 4.79 Å². The maximum Gasteiger partial charge on any atom is 0.337 e. The van der Waals surface area contributed by atoms with Crippen LogP contribution >= 0.6 is 0 Å². The van der Waals surface area contributed by atoms with Crippen LogP contribution in [0, 0.1) is 6.92 Å². The van der Waals surface area contributed by atoms with Gasteiger partial charge in [0.15, 0.2) is 0 Å². The highest BCUT2D eigenvalue weighted by Crippen LogP contribution is 2.32. The van der Waals surface area contributed by atoms with Crippen LogP contribution in [-0.4, -0.2) is 61.8 Å². The topological polar surface area (TPSA) is 82.1 Å². The second kappa shape index (κ2) is 8.43. The van der Waals surface area contributed by atoms with Crippen molar-refractivity contribution in [2.24, 2.45) is 0 Å². The number of carbonyl (C=O) groups is 2. The number of anilines is 2. The van der Waals surface area contributed by atoms with Gasteiger partial charge in [-0.05, 0) is 43.9 Å². The zero-order chi connectivity index (χ0) is 19.4. The van der Waals surface area contributed by atoms with E-state index in [-0.39, 0.29) is 31.3 Å². The van der Waals surface area contributed by atoms with Gasteiger partial charge < -0.3 is 25.0 Å². The predicted molar refractivity (Wildman–Crippen MR) is 104 cm³/mol. The molecule has 1 aromatic carbocycles. The lowest BCUT2D eigenvalue weighted by Crippen LogP contribution is -2.32. The normalized spacial score (nSPS) is 17.5. The maximum absolute atomic E-state index is 12.8. The molecule has 1 amide bonds. The second-order valence-electron chi connectivity index (χ2n) is 6.99. The summed E-state index contributed by atoms with van der Waals surface area (Å²) in [6.45, 7) is 4.11. The molecule has 0 spiro atoms. The van der Waals surface area contributed by atoms with Gasteiger partial charge in [-0.15, -0.1) is 0 Å². The van der Waals surface area contributed by atoms with E-state index < -0.39 is 5.97 Å². The monoisotopic (exact) mass is 373 g/mol. The van der Waals surface area contributed by atoms with Crippen LogP contribution in [0.2, 0.25) is 0 Å². The number of hydrogen-bond acceptors (Lipinski definition) is 6. The summed E-state index contributed by atoms with van der Waals surface area (Å²) in [6, 6.07) is 6.11. The van der Waals surface area contributed by atoms with Gasteiger partial charge in [0.05, 0.1) is 37.2 Å². The number of carbonyl (C=O) groups excluding carboxylic acids is 2. The number of nitrogens with zero attached hydrogens (tertiary/aromatic N) is 2. The van der Waals surface area contributed by atoms with Crippen molar-refractivity contribution in [1.82, 2.24) is 4.90 Å². The number of ether oxygens (including phenoxy) is 1.